The minimum atomic E-state index is 0.0899. The number of hydrogen-bond donors (Lipinski definition) is 1. The molecule has 1 spiro atoms. The maximum atomic E-state index is 5.49. The topological polar surface area (TPSA) is 42.9 Å². The molecule has 1 aliphatic heterocycles. The van der Waals surface area contributed by atoms with Crippen LogP contribution in [0.4, 0.5) is 0 Å². The highest BCUT2D eigenvalue weighted by Gasteiger charge is 2.38. The minimum Gasteiger partial charge on any atom is -0.496 e. The summed E-state index contributed by atoms with van der Waals surface area (Å²) in [5.74, 6) is 1.93. The van der Waals surface area contributed by atoms with Gasteiger partial charge in [0.15, 0.2) is 0 Å². The van der Waals surface area contributed by atoms with E-state index in [1.54, 1.807) is 14.2 Å². The predicted molar refractivity (Wildman–Crippen MR) is 70.8 cm³/mol. The second kappa shape index (κ2) is 4.19. The Morgan fingerprint density at radius 3 is 2.50 bits per heavy atom. The van der Waals surface area contributed by atoms with Crippen LogP contribution in [0.15, 0.2) is 17.1 Å². The molecule has 4 nitrogen and oxygen atoms in total. The molecule has 0 radical (unpaired) electrons. The number of fused-ring (bicyclic) bond motifs is 1. The Bertz CT molecular complexity index is 489. The molecule has 0 aromatic heterocycles. The summed E-state index contributed by atoms with van der Waals surface area (Å²) < 4.78 is 10.9. The summed E-state index contributed by atoms with van der Waals surface area (Å²) in [5, 5.41) is 3.41. The van der Waals surface area contributed by atoms with Crippen molar-refractivity contribution in [3.63, 3.8) is 0 Å². The average molecular weight is 246 g/mol. The molecule has 0 saturated carbocycles. The van der Waals surface area contributed by atoms with E-state index in [1.165, 1.54) is 11.1 Å². The Hall–Kier alpha value is -1.71. The maximum Gasteiger partial charge on any atom is 0.122 e. The molecule has 0 bridgehead atoms. The first-order chi connectivity index (χ1) is 8.78. The highest BCUT2D eigenvalue weighted by atomic mass is 16.5. The van der Waals surface area contributed by atoms with Crippen molar-refractivity contribution in [1.29, 1.82) is 0 Å². The molecule has 1 aliphatic carbocycles. The summed E-state index contributed by atoms with van der Waals surface area (Å²) in [6.45, 7) is 0.854. The van der Waals surface area contributed by atoms with Gasteiger partial charge in [-0.1, -0.05) is 0 Å². The van der Waals surface area contributed by atoms with Crippen LogP contribution in [-0.2, 0) is 12.8 Å². The molecule has 1 aromatic rings. The third kappa shape index (κ3) is 1.64. The van der Waals surface area contributed by atoms with E-state index in [1.807, 2.05) is 18.5 Å². The molecule has 3 rings (SSSR count). The van der Waals surface area contributed by atoms with E-state index < -0.39 is 0 Å². The van der Waals surface area contributed by atoms with Crippen LogP contribution in [0, 0.1) is 0 Å². The van der Waals surface area contributed by atoms with Gasteiger partial charge in [-0.15, -0.1) is 0 Å². The summed E-state index contributed by atoms with van der Waals surface area (Å²) in [5.41, 5.74) is 2.64. The molecule has 18 heavy (non-hydrogen) atoms. The van der Waals surface area contributed by atoms with Gasteiger partial charge in [-0.3, -0.25) is 4.99 Å². The fraction of sp³-hybridized carbons (Fsp3) is 0.500. The smallest absolute Gasteiger partial charge is 0.122 e. The summed E-state index contributed by atoms with van der Waals surface area (Å²) in [4.78, 5) is 4.32. The molecule has 1 N–H and O–H groups in total. The molecule has 1 atom stereocenters. The van der Waals surface area contributed by atoms with Crippen LogP contribution in [0.2, 0.25) is 0 Å². The van der Waals surface area contributed by atoms with E-state index in [9.17, 15) is 0 Å². The fourth-order valence-corrected chi connectivity index (χ4v) is 3.00. The Balaban J connectivity index is 2.02. The van der Waals surface area contributed by atoms with Crippen molar-refractivity contribution in [2.45, 2.75) is 24.8 Å². The summed E-state index contributed by atoms with van der Waals surface area (Å²) in [6, 6.07) is 3.99. The number of nitrogens with zero attached hydrogens (tertiary/aromatic N) is 1. The van der Waals surface area contributed by atoms with E-state index in [0.717, 1.165) is 37.3 Å². The highest BCUT2D eigenvalue weighted by Crippen LogP contribution is 2.39. The summed E-state index contributed by atoms with van der Waals surface area (Å²) in [7, 11) is 3.45. The molecule has 4 heteroatoms. The second-order valence-electron chi connectivity index (χ2n) is 5.00. The van der Waals surface area contributed by atoms with Gasteiger partial charge in [0.2, 0.25) is 0 Å². The van der Waals surface area contributed by atoms with Gasteiger partial charge < -0.3 is 14.8 Å². The van der Waals surface area contributed by atoms with Crippen molar-refractivity contribution in [3.8, 4) is 11.5 Å². The molecule has 0 amide bonds. The van der Waals surface area contributed by atoms with Crippen LogP contribution in [-0.4, -0.2) is 32.6 Å². The van der Waals surface area contributed by atoms with Crippen LogP contribution < -0.4 is 14.8 Å². The normalized spacial score (nSPS) is 24.8. The first-order valence-corrected chi connectivity index (χ1v) is 6.27. The zero-order valence-corrected chi connectivity index (χ0v) is 10.8. The van der Waals surface area contributed by atoms with E-state index in [-0.39, 0.29) is 5.54 Å². The van der Waals surface area contributed by atoms with Gasteiger partial charge in [0.1, 0.15) is 11.5 Å². The molecule has 1 heterocycles. The van der Waals surface area contributed by atoms with Gasteiger partial charge in [0.25, 0.3) is 0 Å². The minimum absolute atomic E-state index is 0.0899. The highest BCUT2D eigenvalue weighted by molar-refractivity contribution is 5.61. The quantitative estimate of drug-likeness (QED) is 0.861. The van der Waals surface area contributed by atoms with E-state index >= 15 is 0 Å². The molecule has 2 aliphatic rings. The van der Waals surface area contributed by atoms with Gasteiger partial charge in [0.05, 0.1) is 32.6 Å². The van der Waals surface area contributed by atoms with Crippen LogP contribution >= 0.6 is 0 Å². The summed E-state index contributed by atoms with van der Waals surface area (Å²) in [6.07, 6.45) is 4.87. The molecular weight excluding hydrogens is 228 g/mol. The zero-order chi connectivity index (χ0) is 12.6. The van der Waals surface area contributed by atoms with Crippen LogP contribution in [0.5, 0.6) is 11.5 Å². The third-order valence-electron chi connectivity index (χ3n) is 4.01. The van der Waals surface area contributed by atoms with E-state index in [0.29, 0.717) is 0 Å². The molecular formula is C14H18N2O2. The molecule has 0 fully saturated rings. The third-order valence-corrected chi connectivity index (χ3v) is 4.01. The largest absolute Gasteiger partial charge is 0.496 e. The Morgan fingerprint density at radius 2 is 1.89 bits per heavy atom. The average Bonchev–Trinajstić information content (AvgIpc) is 2.85. The van der Waals surface area contributed by atoms with Gasteiger partial charge >= 0.3 is 0 Å². The first-order valence-electron chi connectivity index (χ1n) is 6.27. The number of hydrogen-bond acceptors (Lipinski definition) is 4. The lowest BCUT2D eigenvalue weighted by molar-refractivity contribution is 0.336. The van der Waals surface area contributed by atoms with Crippen LogP contribution in [0.25, 0.3) is 0 Å². The van der Waals surface area contributed by atoms with E-state index in [4.69, 9.17) is 9.47 Å². The maximum absolute atomic E-state index is 5.49. The Labute approximate surface area is 107 Å². The van der Waals surface area contributed by atoms with Crippen molar-refractivity contribution in [2.24, 2.45) is 4.99 Å². The van der Waals surface area contributed by atoms with Crippen molar-refractivity contribution in [3.05, 3.63) is 23.3 Å². The zero-order valence-electron chi connectivity index (χ0n) is 10.8. The number of aliphatic imine (C=N–C) groups is 1. The lowest BCUT2D eigenvalue weighted by Crippen LogP contribution is -2.48. The number of methoxy groups -OCH3 is 2. The Kier molecular flexibility index (Phi) is 2.65. The van der Waals surface area contributed by atoms with Crippen LogP contribution in [0.1, 0.15) is 17.5 Å². The van der Waals surface area contributed by atoms with Gasteiger partial charge in [-0.05, 0) is 25.0 Å². The monoisotopic (exact) mass is 246 g/mol. The molecule has 1 unspecified atom stereocenters. The fourth-order valence-electron chi connectivity index (χ4n) is 3.00. The van der Waals surface area contributed by atoms with Crippen molar-refractivity contribution in [2.75, 3.05) is 20.8 Å². The van der Waals surface area contributed by atoms with Crippen LogP contribution in [0.3, 0.4) is 0 Å². The van der Waals surface area contributed by atoms with Crippen molar-refractivity contribution in [1.82, 2.24) is 5.32 Å². The van der Waals surface area contributed by atoms with Crippen molar-refractivity contribution < 1.29 is 9.47 Å². The number of benzene rings is 1. The van der Waals surface area contributed by atoms with Gasteiger partial charge in [-0.25, -0.2) is 0 Å². The number of rotatable bonds is 2. The number of nitrogens with one attached hydrogen (secondary N) is 1. The predicted octanol–water partition coefficient (Wildman–Crippen LogP) is 1.56. The first kappa shape index (κ1) is 11.4. The summed E-state index contributed by atoms with van der Waals surface area (Å²) >= 11 is 0. The SMILES string of the molecule is COc1ccc(OC)c2c1CCC1(CN=CN1)C2. The number of ether oxygens (including phenoxy) is 2. The standard InChI is InChI=1S/C14H18N2O2/c1-17-12-3-4-13(18-2)11-7-14(6-5-10(11)12)8-15-9-16-14/h3-4,9H,5-8H2,1-2H3,(H,15,16). The van der Waals surface area contributed by atoms with Gasteiger partial charge in [0, 0.05) is 17.5 Å². The molecule has 1 aromatic carbocycles. The molecule has 0 saturated heterocycles. The van der Waals surface area contributed by atoms with E-state index in [2.05, 4.69) is 10.3 Å². The Morgan fingerprint density at radius 1 is 1.17 bits per heavy atom. The van der Waals surface area contributed by atoms with Gasteiger partial charge in [-0.2, -0.15) is 0 Å². The molecule has 96 valence electrons. The second-order valence-corrected chi connectivity index (χ2v) is 5.00. The van der Waals surface area contributed by atoms with Crippen molar-refractivity contribution >= 4 is 6.34 Å². The lowest BCUT2D eigenvalue weighted by Gasteiger charge is -2.35. The lowest BCUT2D eigenvalue weighted by atomic mass is 9.77.